The maximum absolute atomic E-state index is 13.8. The van der Waals surface area contributed by atoms with Crippen LogP contribution in [0.2, 0.25) is 0 Å². The van der Waals surface area contributed by atoms with Crippen molar-refractivity contribution >= 4 is 55.0 Å². The predicted octanol–water partition coefficient (Wildman–Crippen LogP) is 5.09. The van der Waals surface area contributed by atoms with Crippen LogP contribution in [-0.2, 0) is 10.0 Å². The third kappa shape index (κ3) is 7.21. The number of halogens is 1. The number of fused-ring (bicyclic) bond motifs is 1. The number of carbonyl (C=O) groups excluding carboxylic acids is 1. The van der Waals surface area contributed by atoms with Crippen LogP contribution < -0.4 is 14.4 Å². The summed E-state index contributed by atoms with van der Waals surface area (Å²) >= 11 is 1.35. The van der Waals surface area contributed by atoms with Crippen molar-refractivity contribution in [3.63, 3.8) is 0 Å². The maximum atomic E-state index is 13.8. The second kappa shape index (κ2) is 15.2. The summed E-state index contributed by atoms with van der Waals surface area (Å²) in [6.07, 6.45) is 3.05. The van der Waals surface area contributed by atoms with Gasteiger partial charge in [0.2, 0.25) is 10.0 Å². The number of carbonyl (C=O) groups is 1. The molecule has 0 unspecified atom stereocenters. The van der Waals surface area contributed by atoms with Crippen molar-refractivity contribution in [2.75, 3.05) is 58.4 Å². The molecule has 0 bridgehead atoms. The number of ether oxygens (including phenoxy) is 2. The fourth-order valence-corrected chi connectivity index (χ4v) is 6.57. The van der Waals surface area contributed by atoms with Crippen LogP contribution in [0.1, 0.15) is 24.2 Å². The number of thiazole rings is 1. The number of hydrogen-bond acceptors (Lipinski definition) is 8. The molecule has 1 amide bonds. The van der Waals surface area contributed by atoms with Gasteiger partial charge in [0, 0.05) is 31.7 Å². The van der Waals surface area contributed by atoms with E-state index in [1.54, 1.807) is 25.2 Å². The zero-order valence-electron chi connectivity index (χ0n) is 23.3. The lowest BCUT2D eigenvalue weighted by Crippen LogP contribution is -2.39. The smallest absolute Gasteiger partial charge is 0.260 e. The average Bonchev–Trinajstić information content (AvgIpc) is 3.39. The van der Waals surface area contributed by atoms with Crippen molar-refractivity contribution in [2.24, 2.45) is 0 Å². The van der Waals surface area contributed by atoms with Crippen LogP contribution in [0.5, 0.6) is 11.5 Å². The first kappa shape index (κ1) is 33.2. The summed E-state index contributed by atoms with van der Waals surface area (Å²) in [6, 6.07) is 9.58. The van der Waals surface area contributed by atoms with Gasteiger partial charge >= 0.3 is 0 Å². The number of likely N-dealkylation sites (N-methyl/N-ethyl adjacent to an activating group) is 1. The fraction of sp³-hybridized carbons (Fsp3) is 0.357. The van der Waals surface area contributed by atoms with E-state index in [1.165, 1.54) is 52.1 Å². The number of hydrogen-bond donors (Lipinski definition) is 0. The summed E-state index contributed by atoms with van der Waals surface area (Å²) in [5.41, 5.74) is 0.967. The minimum absolute atomic E-state index is 0. The number of rotatable bonds is 15. The minimum atomic E-state index is -3.78. The van der Waals surface area contributed by atoms with Gasteiger partial charge in [0.1, 0.15) is 21.7 Å². The first-order valence-corrected chi connectivity index (χ1v) is 14.9. The minimum Gasteiger partial charge on any atom is -0.495 e. The third-order valence-electron chi connectivity index (χ3n) is 6.31. The van der Waals surface area contributed by atoms with Gasteiger partial charge < -0.3 is 14.4 Å². The standard InChI is InChI=1S/C28H36N4O5S2.ClH/c1-7-17-31(18-8-2)39(34,35)22-13-11-21(12-14-22)27(33)32(20-19-30(9-3)10-4)28-29-25-23(36-5)15-16-24(37-6)26(25)38-28;/h7-8,11-16H,1-2,9-10,17-20H2,3-6H3;1H. The average molecular weight is 609 g/mol. The molecule has 0 N–H and O–H groups in total. The largest absolute Gasteiger partial charge is 0.495 e. The summed E-state index contributed by atoms with van der Waals surface area (Å²) in [7, 11) is -0.618. The van der Waals surface area contributed by atoms with Crippen LogP contribution >= 0.6 is 23.7 Å². The quantitative estimate of drug-likeness (QED) is 0.222. The molecule has 40 heavy (non-hydrogen) atoms. The summed E-state index contributed by atoms with van der Waals surface area (Å²) in [6.45, 7) is 14.5. The Morgan fingerprint density at radius 3 is 2.05 bits per heavy atom. The summed E-state index contributed by atoms with van der Waals surface area (Å²) < 4.78 is 39.3. The molecule has 2 aromatic carbocycles. The van der Waals surface area contributed by atoms with E-state index >= 15 is 0 Å². The molecule has 0 saturated carbocycles. The molecule has 0 radical (unpaired) electrons. The summed E-state index contributed by atoms with van der Waals surface area (Å²) in [4.78, 5) is 22.6. The SMILES string of the molecule is C=CCN(CC=C)S(=O)(=O)c1ccc(C(=O)N(CCN(CC)CC)c2nc3c(OC)ccc(OC)c3s2)cc1.Cl. The lowest BCUT2D eigenvalue weighted by atomic mass is 10.2. The molecule has 12 heteroatoms. The van der Waals surface area contributed by atoms with Crippen molar-refractivity contribution < 1.29 is 22.7 Å². The molecular weight excluding hydrogens is 572 g/mol. The molecule has 218 valence electrons. The van der Waals surface area contributed by atoms with Gasteiger partial charge in [-0.25, -0.2) is 13.4 Å². The van der Waals surface area contributed by atoms with Crippen molar-refractivity contribution in [3.8, 4) is 11.5 Å². The zero-order valence-corrected chi connectivity index (χ0v) is 25.8. The molecule has 0 saturated heterocycles. The Morgan fingerprint density at radius 2 is 1.52 bits per heavy atom. The van der Waals surface area contributed by atoms with Gasteiger partial charge in [-0.2, -0.15) is 4.31 Å². The fourth-order valence-electron chi connectivity index (χ4n) is 4.09. The number of sulfonamides is 1. The summed E-state index contributed by atoms with van der Waals surface area (Å²) in [5, 5.41) is 0.504. The Labute approximate surface area is 247 Å². The van der Waals surface area contributed by atoms with Crippen LogP contribution in [-0.4, -0.2) is 82.0 Å². The molecule has 1 heterocycles. The Bertz CT molecular complexity index is 1360. The van der Waals surface area contributed by atoms with Gasteiger partial charge in [0.25, 0.3) is 5.91 Å². The molecule has 0 spiro atoms. The zero-order chi connectivity index (χ0) is 28.6. The highest BCUT2D eigenvalue weighted by Gasteiger charge is 2.26. The number of nitrogens with zero attached hydrogens (tertiary/aromatic N) is 4. The number of anilines is 1. The van der Waals surface area contributed by atoms with Crippen molar-refractivity contribution in [1.82, 2.24) is 14.2 Å². The van der Waals surface area contributed by atoms with E-state index in [0.29, 0.717) is 40.8 Å². The number of aromatic nitrogens is 1. The van der Waals surface area contributed by atoms with E-state index in [9.17, 15) is 13.2 Å². The Balaban J connectivity index is 0.00000560. The molecule has 9 nitrogen and oxygen atoms in total. The van der Waals surface area contributed by atoms with Crippen LogP contribution in [0.4, 0.5) is 5.13 Å². The lowest BCUT2D eigenvalue weighted by molar-refractivity contribution is 0.0983. The highest BCUT2D eigenvalue weighted by molar-refractivity contribution is 7.89. The molecule has 3 aromatic rings. The molecule has 0 aliphatic carbocycles. The van der Waals surface area contributed by atoms with E-state index in [2.05, 4.69) is 31.9 Å². The predicted molar refractivity (Wildman–Crippen MR) is 165 cm³/mol. The first-order valence-electron chi connectivity index (χ1n) is 12.6. The van der Waals surface area contributed by atoms with Crippen molar-refractivity contribution in [2.45, 2.75) is 18.7 Å². The van der Waals surface area contributed by atoms with E-state index < -0.39 is 10.0 Å². The maximum Gasteiger partial charge on any atom is 0.260 e. The highest BCUT2D eigenvalue weighted by atomic mass is 35.5. The van der Waals surface area contributed by atoms with Gasteiger partial charge in [0.05, 0.1) is 19.1 Å². The van der Waals surface area contributed by atoms with Gasteiger partial charge in [-0.05, 0) is 49.5 Å². The van der Waals surface area contributed by atoms with E-state index in [0.717, 1.165) is 17.8 Å². The number of amides is 1. The van der Waals surface area contributed by atoms with Gasteiger partial charge in [-0.3, -0.25) is 9.69 Å². The van der Waals surface area contributed by atoms with Gasteiger partial charge in [0.15, 0.2) is 5.13 Å². The monoisotopic (exact) mass is 608 g/mol. The molecular formula is C28H37ClN4O5S2. The Kier molecular flexibility index (Phi) is 12.6. The second-order valence-electron chi connectivity index (χ2n) is 8.55. The van der Waals surface area contributed by atoms with E-state index in [-0.39, 0.29) is 36.3 Å². The molecule has 1 aromatic heterocycles. The van der Waals surface area contributed by atoms with Crippen molar-refractivity contribution in [3.05, 3.63) is 67.3 Å². The molecule has 0 aliphatic heterocycles. The van der Waals surface area contributed by atoms with E-state index in [4.69, 9.17) is 14.5 Å². The van der Waals surface area contributed by atoms with Crippen LogP contribution in [0.15, 0.2) is 66.6 Å². The van der Waals surface area contributed by atoms with E-state index in [1.807, 2.05) is 6.07 Å². The van der Waals surface area contributed by atoms with Gasteiger partial charge in [-0.15, -0.1) is 25.6 Å². The molecule has 0 aliphatic rings. The number of benzene rings is 2. The second-order valence-corrected chi connectivity index (χ2v) is 11.5. The van der Waals surface area contributed by atoms with Crippen molar-refractivity contribution in [1.29, 1.82) is 0 Å². The number of methoxy groups -OCH3 is 2. The van der Waals surface area contributed by atoms with Crippen LogP contribution in [0.3, 0.4) is 0 Å². The highest BCUT2D eigenvalue weighted by Crippen LogP contribution is 2.40. The summed E-state index contributed by atoms with van der Waals surface area (Å²) in [5.74, 6) is 0.948. The molecule has 0 fully saturated rings. The Hall–Kier alpha value is -2.96. The van der Waals surface area contributed by atoms with Crippen LogP contribution in [0.25, 0.3) is 10.2 Å². The molecule has 3 rings (SSSR count). The first-order chi connectivity index (χ1) is 18.7. The van der Waals surface area contributed by atoms with Gasteiger partial charge in [-0.1, -0.05) is 37.3 Å². The normalized spacial score (nSPS) is 11.3. The lowest BCUT2D eigenvalue weighted by Gasteiger charge is -2.25. The molecule has 0 atom stereocenters. The third-order valence-corrected chi connectivity index (χ3v) is 9.25. The van der Waals surface area contributed by atoms with Crippen LogP contribution in [0, 0.1) is 0 Å². The topological polar surface area (TPSA) is 92.3 Å². The Morgan fingerprint density at radius 1 is 0.950 bits per heavy atom.